The molecule has 7 heteroatoms. The van der Waals surface area contributed by atoms with Crippen molar-refractivity contribution in [2.75, 3.05) is 33.3 Å². The lowest BCUT2D eigenvalue weighted by Crippen LogP contribution is -2.54. The molecule has 1 aliphatic heterocycles. The van der Waals surface area contributed by atoms with E-state index >= 15 is 0 Å². The standard InChI is InChI=1S/C17H24ClN3O3/c1-12(2)19-17(23)21-8-6-20(7-9-21)16(22)10-13-4-5-14(24-3)11-15(13)18/h4-5,11-12H,6-10H2,1-3H3,(H,19,23). The van der Waals surface area contributed by atoms with Crippen molar-refractivity contribution in [2.24, 2.45) is 0 Å². The molecule has 1 N–H and O–H groups in total. The monoisotopic (exact) mass is 353 g/mol. The van der Waals surface area contributed by atoms with Crippen LogP contribution in [-0.4, -0.2) is 61.1 Å². The molecule has 1 fully saturated rings. The SMILES string of the molecule is COc1ccc(CC(=O)N2CCN(C(=O)NC(C)C)CC2)c(Cl)c1. The third-order valence-electron chi connectivity index (χ3n) is 3.93. The highest BCUT2D eigenvalue weighted by molar-refractivity contribution is 6.31. The van der Waals surface area contributed by atoms with Gasteiger partial charge in [0, 0.05) is 37.2 Å². The molecule has 1 aromatic rings. The minimum absolute atomic E-state index is 0.0194. The van der Waals surface area contributed by atoms with E-state index in [1.165, 1.54) is 0 Å². The lowest BCUT2D eigenvalue weighted by Gasteiger charge is -2.35. The molecule has 0 saturated carbocycles. The fourth-order valence-electron chi connectivity index (χ4n) is 2.57. The van der Waals surface area contributed by atoms with Crippen molar-refractivity contribution in [1.82, 2.24) is 15.1 Å². The van der Waals surface area contributed by atoms with Crippen molar-refractivity contribution in [3.05, 3.63) is 28.8 Å². The number of halogens is 1. The van der Waals surface area contributed by atoms with E-state index in [-0.39, 0.29) is 24.4 Å². The summed E-state index contributed by atoms with van der Waals surface area (Å²) in [5.41, 5.74) is 0.780. The Labute approximate surface area is 147 Å². The predicted molar refractivity (Wildman–Crippen MR) is 93.5 cm³/mol. The third kappa shape index (κ3) is 4.77. The second-order valence-corrected chi connectivity index (χ2v) is 6.51. The maximum absolute atomic E-state index is 12.4. The number of piperazine rings is 1. The minimum Gasteiger partial charge on any atom is -0.497 e. The molecule has 0 radical (unpaired) electrons. The number of ether oxygens (including phenoxy) is 1. The lowest BCUT2D eigenvalue weighted by atomic mass is 10.1. The van der Waals surface area contributed by atoms with Crippen molar-refractivity contribution >= 4 is 23.5 Å². The Morgan fingerprint density at radius 3 is 2.38 bits per heavy atom. The molecule has 132 valence electrons. The van der Waals surface area contributed by atoms with E-state index in [0.717, 1.165) is 5.56 Å². The van der Waals surface area contributed by atoms with Gasteiger partial charge in [0.15, 0.2) is 0 Å². The van der Waals surface area contributed by atoms with E-state index in [1.54, 1.807) is 29.0 Å². The number of nitrogens with zero attached hydrogens (tertiary/aromatic N) is 2. The molecule has 1 heterocycles. The van der Waals surface area contributed by atoms with Crippen LogP contribution < -0.4 is 10.1 Å². The second-order valence-electron chi connectivity index (χ2n) is 6.11. The fraction of sp³-hybridized carbons (Fsp3) is 0.529. The van der Waals surface area contributed by atoms with Gasteiger partial charge in [0.05, 0.1) is 13.5 Å². The Kier molecular flexibility index (Phi) is 6.31. The number of hydrogen-bond donors (Lipinski definition) is 1. The molecule has 1 saturated heterocycles. The quantitative estimate of drug-likeness (QED) is 0.902. The molecular formula is C17H24ClN3O3. The second kappa shape index (κ2) is 8.24. The van der Waals surface area contributed by atoms with Crippen molar-refractivity contribution in [2.45, 2.75) is 26.3 Å². The summed E-state index contributed by atoms with van der Waals surface area (Å²) in [5.74, 6) is 0.687. The molecular weight excluding hydrogens is 330 g/mol. The molecule has 3 amide bonds. The van der Waals surface area contributed by atoms with Crippen LogP contribution in [0, 0.1) is 0 Å². The Balaban J connectivity index is 1.88. The molecule has 1 aliphatic rings. The topological polar surface area (TPSA) is 61.9 Å². The summed E-state index contributed by atoms with van der Waals surface area (Å²) in [6, 6.07) is 5.34. The first-order valence-electron chi connectivity index (χ1n) is 8.06. The first-order valence-corrected chi connectivity index (χ1v) is 8.44. The van der Waals surface area contributed by atoms with Crippen LogP contribution in [0.3, 0.4) is 0 Å². The van der Waals surface area contributed by atoms with E-state index in [1.807, 2.05) is 19.9 Å². The lowest BCUT2D eigenvalue weighted by molar-refractivity contribution is -0.131. The maximum atomic E-state index is 12.4. The number of nitrogens with one attached hydrogen (secondary N) is 1. The molecule has 0 aliphatic carbocycles. The maximum Gasteiger partial charge on any atom is 0.317 e. The highest BCUT2D eigenvalue weighted by Crippen LogP contribution is 2.23. The average molecular weight is 354 g/mol. The van der Waals surface area contributed by atoms with Crippen LogP contribution in [-0.2, 0) is 11.2 Å². The number of benzene rings is 1. The van der Waals surface area contributed by atoms with Crippen LogP contribution in [0.1, 0.15) is 19.4 Å². The molecule has 6 nitrogen and oxygen atoms in total. The molecule has 1 aromatic carbocycles. The molecule has 24 heavy (non-hydrogen) atoms. The number of urea groups is 1. The van der Waals surface area contributed by atoms with Crippen LogP contribution in [0.4, 0.5) is 4.79 Å². The third-order valence-corrected chi connectivity index (χ3v) is 4.29. The molecule has 0 atom stereocenters. The average Bonchev–Trinajstić information content (AvgIpc) is 2.56. The van der Waals surface area contributed by atoms with Crippen molar-refractivity contribution in [1.29, 1.82) is 0 Å². The molecule has 0 spiro atoms. The van der Waals surface area contributed by atoms with E-state index in [2.05, 4.69) is 5.32 Å². The van der Waals surface area contributed by atoms with Crippen molar-refractivity contribution < 1.29 is 14.3 Å². The fourth-order valence-corrected chi connectivity index (χ4v) is 2.81. The van der Waals surface area contributed by atoms with Crippen LogP contribution in [0.25, 0.3) is 0 Å². The molecule has 2 rings (SSSR count). The molecule has 0 unspecified atom stereocenters. The van der Waals surface area contributed by atoms with E-state index in [0.29, 0.717) is 37.0 Å². The zero-order valence-corrected chi connectivity index (χ0v) is 15.1. The van der Waals surface area contributed by atoms with E-state index in [4.69, 9.17) is 16.3 Å². The van der Waals surface area contributed by atoms with Crippen LogP contribution in [0.5, 0.6) is 5.75 Å². The zero-order valence-electron chi connectivity index (χ0n) is 14.3. The van der Waals surface area contributed by atoms with Gasteiger partial charge < -0.3 is 19.9 Å². The number of carbonyl (C=O) groups is 2. The summed E-state index contributed by atoms with van der Waals surface area (Å²) >= 11 is 6.19. The number of methoxy groups -OCH3 is 1. The van der Waals surface area contributed by atoms with Gasteiger partial charge in [-0.3, -0.25) is 4.79 Å². The zero-order chi connectivity index (χ0) is 17.7. The summed E-state index contributed by atoms with van der Waals surface area (Å²) in [6.07, 6.45) is 0.251. The largest absolute Gasteiger partial charge is 0.497 e. The molecule has 0 bridgehead atoms. The summed E-state index contributed by atoms with van der Waals surface area (Å²) in [4.78, 5) is 27.9. The normalized spacial score (nSPS) is 14.7. The van der Waals surface area contributed by atoms with Gasteiger partial charge in [-0.1, -0.05) is 17.7 Å². The Hall–Kier alpha value is -1.95. The highest BCUT2D eigenvalue weighted by atomic mass is 35.5. The van der Waals surface area contributed by atoms with Crippen LogP contribution >= 0.6 is 11.6 Å². The summed E-state index contributed by atoms with van der Waals surface area (Å²) in [5, 5.41) is 3.39. The highest BCUT2D eigenvalue weighted by Gasteiger charge is 2.24. The van der Waals surface area contributed by atoms with Gasteiger partial charge in [-0.05, 0) is 31.5 Å². The van der Waals surface area contributed by atoms with Gasteiger partial charge in [0.1, 0.15) is 5.75 Å². The predicted octanol–water partition coefficient (Wildman–Crippen LogP) is 2.15. The number of rotatable bonds is 4. The van der Waals surface area contributed by atoms with Crippen molar-refractivity contribution in [3.8, 4) is 5.75 Å². The number of carbonyl (C=O) groups excluding carboxylic acids is 2. The first-order chi connectivity index (χ1) is 11.4. The van der Waals surface area contributed by atoms with Gasteiger partial charge in [-0.15, -0.1) is 0 Å². The Morgan fingerprint density at radius 1 is 1.21 bits per heavy atom. The number of amides is 3. The number of hydrogen-bond acceptors (Lipinski definition) is 3. The van der Waals surface area contributed by atoms with E-state index in [9.17, 15) is 9.59 Å². The Bertz CT molecular complexity index is 599. The van der Waals surface area contributed by atoms with Gasteiger partial charge >= 0.3 is 6.03 Å². The van der Waals surface area contributed by atoms with Gasteiger partial charge in [0.25, 0.3) is 0 Å². The van der Waals surface area contributed by atoms with E-state index < -0.39 is 0 Å². The van der Waals surface area contributed by atoms with Crippen LogP contribution in [0.2, 0.25) is 5.02 Å². The Morgan fingerprint density at radius 2 is 1.83 bits per heavy atom. The smallest absolute Gasteiger partial charge is 0.317 e. The minimum atomic E-state index is -0.0738. The van der Waals surface area contributed by atoms with Crippen molar-refractivity contribution in [3.63, 3.8) is 0 Å². The van der Waals surface area contributed by atoms with Crippen LogP contribution in [0.15, 0.2) is 18.2 Å². The first kappa shape index (κ1) is 18.4. The summed E-state index contributed by atoms with van der Waals surface area (Å²) < 4.78 is 5.11. The van der Waals surface area contributed by atoms with Gasteiger partial charge in [-0.2, -0.15) is 0 Å². The summed E-state index contributed by atoms with van der Waals surface area (Å²) in [7, 11) is 1.57. The van der Waals surface area contributed by atoms with Gasteiger partial charge in [-0.25, -0.2) is 4.79 Å². The molecule has 0 aromatic heterocycles. The van der Waals surface area contributed by atoms with Gasteiger partial charge in [0.2, 0.25) is 5.91 Å². The summed E-state index contributed by atoms with van der Waals surface area (Å²) in [6.45, 7) is 6.02.